The second-order valence-corrected chi connectivity index (χ2v) is 7.14. The Kier molecular flexibility index (Phi) is 8.23. The molecule has 0 aliphatic heterocycles. The van der Waals surface area contributed by atoms with Gasteiger partial charge >= 0.3 is 5.97 Å². The van der Waals surface area contributed by atoms with Gasteiger partial charge in [-0.3, -0.25) is 0 Å². The van der Waals surface area contributed by atoms with Crippen LogP contribution in [0.1, 0.15) is 23.1 Å². The monoisotopic (exact) mass is 477 g/mol. The minimum absolute atomic E-state index is 0.188. The summed E-state index contributed by atoms with van der Waals surface area (Å²) in [5.41, 5.74) is 2.22. The van der Waals surface area contributed by atoms with E-state index in [4.69, 9.17) is 14.2 Å². The molecule has 3 rings (SSSR count). The Morgan fingerprint density at radius 1 is 1.09 bits per heavy atom. The molecule has 0 bridgehead atoms. The molecule has 0 atom stereocenters. The molecule has 0 aromatic carbocycles. The van der Waals surface area contributed by atoms with E-state index in [1.807, 2.05) is 38.1 Å². The van der Waals surface area contributed by atoms with Gasteiger partial charge in [0.15, 0.2) is 5.69 Å². The van der Waals surface area contributed by atoms with Gasteiger partial charge in [-0.2, -0.15) is 5.10 Å². The largest absolute Gasteiger partial charge is 0.495 e. The molecule has 0 spiro atoms. The third kappa shape index (κ3) is 5.85. The number of carboxylic acid groups (broad SMARTS) is 1. The Morgan fingerprint density at radius 3 is 2.43 bits per heavy atom. The van der Waals surface area contributed by atoms with Crippen LogP contribution in [0.15, 0.2) is 60.5 Å². The van der Waals surface area contributed by atoms with Gasteiger partial charge in [-0.1, -0.05) is 18.2 Å². The van der Waals surface area contributed by atoms with Crippen LogP contribution < -0.4 is 14.8 Å². The standard InChI is InChI=1S/C25H27N5O5/c1-6-7-8-9-18(33-3)15-30-24(27-19-11-13-21(35-5)28-23(19)25(31)32)22(16(2)29-30)17-10-12-20(34-4)26-14-17/h6-15,27H,1-5H3,(H,31,32)/b7-6+,9-8-,18-15-. The van der Waals surface area contributed by atoms with Crippen molar-refractivity contribution in [2.24, 2.45) is 0 Å². The van der Waals surface area contributed by atoms with Crippen LogP contribution in [-0.4, -0.2) is 52.2 Å². The number of anilines is 2. The molecule has 3 aromatic rings. The number of aromatic carboxylic acids is 1. The Bertz CT molecular complexity index is 1280. The molecule has 10 heteroatoms. The van der Waals surface area contributed by atoms with Crippen molar-refractivity contribution in [2.45, 2.75) is 13.8 Å². The van der Waals surface area contributed by atoms with Crippen molar-refractivity contribution < 1.29 is 24.1 Å². The molecule has 0 amide bonds. The number of pyridine rings is 2. The second kappa shape index (κ2) is 11.5. The topological polar surface area (TPSA) is 121 Å². The first kappa shape index (κ1) is 25.0. The maximum absolute atomic E-state index is 11.9. The van der Waals surface area contributed by atoms with E-state index in [1.165, 1.54) is 7.11 Å². The van der Waals surface area contributed by atoms with Crippen molar-refractivity contribution in [3.05, 3.63) is 71.9 Å². The lowest BCUT2D eigenvalue weighted by Crippen LogP contribution is -2.09. The summed E-state index contributed by atoms with van der Waals surface area (Å²) in [5, 5.41) is 17.6. The Morgan fingerprint density at radius 2 is 1.83 bits per heavy atom. The maximum atomic E-state index is 11.9. The van der Waals surface area contributed by atoms with Crippen LogP contribution in [0.3, 0.4) is 0 Å². The number of nitrogens with one attached hydrogen (secondary N) is 1. The molecule has 3 heterocycles. The van der Waals surface area contributed by atoms with E-state index in [0.29, 0.717) is 23.2 Å². The minimum atomic E-state index is -1.20. The summed E-state index contributed by atoms with van der Waals surface area (Å²) in [7, 11) is 4.52. The fraction of sp³-hybridized carbons (Fsp3) is 0.200. The zero-order valence-corrected chi connectivity index (χ0v) is 20.1. The number of aryl methyl sites for hydroxylation is 1. The Labute approximate surface area is 203 Å². The van der Waals surface area contributed by atoms with Crippen molar-refractivity contribution in [2.75, 3.05) is 26.6 Å². The summed E-state index contributed by atoms with van der Waals surface area (Å²) in [6.07, 6.45) is 10.7. The number of allylic oxidation sites excluding steroid dienone is 4. The highest BCUT2D eigenvalue weighted by Crippen LogP contribution is 2.35. The van der Waals surface area contributed by atoms with Gasteiger partial charge in [0.25, 0.3) is 0 Å². The summed E-state index contributed by atoms with van der Waals surface area (Å²) in [5.74, 6) is 0.478. The first-order valence-corrected chi connectivity index (χ1v) is 10.6. The van der Waals surface area contributed by atoms with Crippen LogP contribution in [-0.2, 0) is 4.74 Å². The smallest absolute Gasteiger partial charge is 0.356 e. The molecular formula is C25H27N5O5. The van der Waals surface area contributed by atoms with E-state index in [0.717, 1.165) is 11.1 Å². The van der Waals surface area contributed by atoms with Crippen molar-refractivity contribution in [3.63, 3.8) is 0 Å². The first-order chi connectivity index (χ1) is 16.9. The number of aromatic nitrogens is 4. The van der Waals surface area contributed by atoms with E-state index in [9.17, 15) is 9.90 Å². The molecule has 182 valence electrons. The molecule has 3 aromatic heterocycles. The molecule has 0 aliphatic rings. The van der Waals surface area contributed by atoms with Gasteiger partial charge in [0.2, 0.25) is 11.8 Å². The highest BCUT2D eigenvalue weighted by atomic mass is 16.5. The van der Waals surface area contributed by atoms with Crippen LogP contribution in [0.2, 0.25) is 0 Å². The number of hydrogen-bond donors (Lipinski definition) is 2. The molecule has 0 saturated carbocycles. The zero-order chi connectivity index (χ0) is 25.4. The predicted molar refractivity (Wildman–Crippen MR) is 133 cm³/mol. The molecular weight excluding hydrogens is 450 g/mol. The molecule has 0 radical (unpaired) electrons. The van der Waals surface area contributed by atoms with E-state index >= 15 is 0 Å². The molecule has 0 unspecified atom stereocenters. The van der Waals surface area contributed by atoms with Crippen LogP contribution in [0.5, 0.6) is 11.8 Å². The number of carboxylic acids is 1. The molecule has 10 nitrogen and oxygen atoms in total. The molecule has 0 saturated heterocycles. The number of hydrogen-bond acceptors (Lipinski definition) is 8. The van der Waals surface area contributed by atoms with Crippen LogP contribution >= 0.6 is 0 Å². The van der Waals surface area contributed by atoms with E-state index < -0.39 is 5.97 Å². The fourth-order valence-electron chi connectivity index (χ4n) is 3.25. The predicted octanol–water partition coefficient (Wildman–Crippen LogP) is 4.68. The van der Waals surface area contributed by atoms with Crippen LogP contribution in [0, 0.1) is 6.92 Å². The van der Waals surface area contributed by atoms with E-state index in [2.05, 4.69) is 20.4 Å². The van der Waals surface area contributed by atoms with Gasteiger partial charge in [0.1, 0.15) is 11.6 Å². The normalized spacial score (nSPS) is 11.7. The van der Waals surface area contributed by atoms with E-state index in [1.54, 1.807) is 55.6 Å². The second-order valence-electron chi connectivity index (χ2n) is 7.14. The lowest BCUT2D eigenvalue weighted by molar-refractivity contribution is 0.0690. The van der Waals surface area contributed by atoms with Gasteiger partial charge in [0.05, 0.1) is 38.9 Å². The summed E-state index contributed by atoms with van der Waals surface area (Å²) in [6.45, 7) is 3.76. The lowest BCUT2D eigenvalue weighted by Gasteiger charge is -2.13. The van der Waals surface area contributed by atoms with Gasteiger partial charge in [0, 0.05) is 29.5 Å². The lowest BCUT2D eigenvalue weighted by atomic mass is 10.1. The number of rotatable bonds is 10. The SMILES string of the molecule is C/C=C/C=C\C(=C\n1nc(C)c(-c2ccc(OC)nc2)c1Nc1ccc(OC)nc1C(=O)O)OC. The maximum Gasteiger partial charge on any atom is 0.356 e. The number of ether oxygens (including phenoxy) is 3. The summed E-state index contributed by atoms with van der Waals surface area (Å²) in [6, 6.07) is 6.75. The highest BCUT2D eigenvalue weighted by molar-refractivity contribution is 5.94. The first-order valence-electron chi connectivity index (χ1n) is 10.6. The van der Waals surface area contributed by atoms with Gasteiger partial charge in [-0.15, -0.1) is 0 Å². The summed E-state index contributed by atoms with van der Waals surface area (Å²) < 4.78 is 17.3. The van der Waals surface area contributed by atoms with E-state index in [-0.39, 0.29) is 17.3 Å². The van der Waals surface area contributed by atoms with Crippen LogP contribution in [0.4, 0.5) is 11.5 Å². The minimum Gasteiger partial charge on any atom is -0.495 e. The van der Waals surface area contributed by atoms with Crippen LogP contribution in [0.25, 0.3) is 17.3 Å². The number of methoxy groups -OCH3 is 3. The third-order valence-electron chi connectivity index (χ3n) is 4.90. The molecule has 0 fully saturated rings. The highest BCUT2D eigenvalue weighted by Gasteiger charge is 2.21. The summed E-state index contributed by atoms with van der Waals surface area (Å²) >= 11 is 0. The van der Waals surface area contributed by atoms with Crippen molar-refractivity contribution in [1.29, 1.82) is 0 Å². The van der Waals surface area contributed by atoms with Gasteiger partial charge in [-0.25, -0.2) is 19.4 Å². The van der Waals surface area contributed by atoms with Crippen molar-refractivity contribution in [3.8, 4) is 22.9 Å². The third-order valence-corrected chi connectivity index (χ3v) is 4.90. The Balaban J connectivity index is 2.20. The molecule has 0 aliphatic carbocycles. The fourth-order valence-corrected chi connectivity index (χ4v) is 3.25. The molecule has 2 N–H and O–H groups in total. The average Bonchev–Trinajstić information content (AvgIpc) is 3.17. The molecule has 35 heavy (non-hydrogen) atoms. The quantitative estimate of drug-likeness (QED) is 0.316. The van der Waals surface area contributed by atoms with Crippen molar-refractivity contribution in [1.82, 2.24) is 19.7 Å². The van der Waals surface area contributed by atoms with Crippen molar-refractivity contribution >= 4 is 23.7 Å². The van der Waals surface area contributed by atoms with Gasteiger partial charge in [-0.05, 0) is 32.1 Å². The number of nitrogens with zero attached hydrogens (tertiary/aromatic N) is 4. The average molecular weight is 478 g/mol. The number of carbonyl (C=O) groups is 1. The summed E-state index contributed by atoms with van der Waals surface area (Å²) in [4.78, 5) is 20.3. The zero-order valence-electron chi connectivity index (χ0n) is 20.1. The Hall–Kier alpha value is -4.60. The van der Waals surface area contributed by atoms with Gasteiger partial charge < -0.3 is 24.6 Å².